The van der Waals surface area contributed by atoms with E-state index >= 15 is 0 Å². The van der Waals surface area contributed by atoms with E-state index in [1.165, 1.54) is 13.3 Å². The minimum atomic E-state index is -4.96. The summed E-state index contributed by atoms with van der Waals surface area (Å²) in [4.78, 5) is 61.9. The summed E-state index contributed by atoms with van der Waals surface area (Å²) >= 11 is 0. The summed E-state index contributed by atoms with van der Waals surface area (Å²) in [6.45, 7) is 3.16. The van der Waals surface area contributed by atoms with E-state index < -0.39 is 98.9 Å². The molecule has 4 aliphatic rings. The van der Waals surface area contributed by atoms with Crippen molar-refractivity contribution in [2.24, 2.45) is 5.92 Å². The quantitative estimate of drug-likeness (QED) is 0.227. The van der Waals surface area contributed by atoms with E-state index in [9.17, 15) is 45.2 Å². The molecule has 0 spiro atoms. The summed E-state index contributed by atoms with van der Waals surface area (Å²) in [6.07, 6.45) is -3.69. The molecule has 2 aliphatic heterocycles. The van der Waals surface area contributed by atoms with Crippen molar-refractivity contribution in [2.75, 3.05) is 20.3 Å². The molecule has 1 saturated heterocycles. The Balaban J connectivity index is 1.37. The van der Waals surface area contributed by atoms with Crippen molar-refractivity contribution in [1.29, 1.82) is 0 Å². The van der Waals surface area contributed by atoms with E-state index in [0.29, 0.717) is 43.2 Å². The van der Waals surface area contributed by atoms with Gasteiger partial charge >= 0.3 is 12.3 Å². The van der Waals surface area contributed by atoms with E-state index in [2.05, 4.69) is 15.6 Å². The van der Waals surface area contributed by atoms with Crippen molar-refractivity contribution < 1.29 is 64.1 Å². The van der Waals surface area contributed by atoms with Crippen LogP contribution in [0.2, 0.25) is 0 Å². The number of sulfonamides is 1. The van der Waals surface area contributed by atoms with Gasteiger partial charge in [-0.15, -0.1) is 0 Å². The molecular weight excluding hydrogens is 807 g/mol. The number of pyridine rings is 1. The Kier molecular flexibility index (Phi) is 12.2. The Morgan fingerprint density at radius 2 is 1.83 bits per heavy atom. The maximum atomic E-state index is 14.8. The molecule has 2 aromatic rings. The lowest BCUT2D eigenvalue weighted by atomic mass is 10.0. The molecule has 4 amide bonds. The molecule has 3 heterocycles. The average Bonchev–Trinajstić information content (AvgIpc) is 4.08. The van der Waals surface area contributed by atoms with Crippen LogP contribution in [0.15, 0.2) is 42.6 Å². The molecule has 6 rings (SSSR count). The van der Waals surface area contributed by atoms with Gasteiger partial charge in [-0.1, -0.05) is 37.3 Å². The van der Waals surface area contributed by atoms with Gasteiger partial charge < -0.3 is 34.5 Å². The third kappa shape index (κ3) is 8.79. The summed E-state index contributed by atoms with van der Waals surface area (Å²) < 4.78 is 105. The molecule has 1 aromatic carbocycles. The number of nitrogens with one attached hydrogen (secondary N) is 3. The van der Waals surface area contributed by atoms with Crippen LogP contribution < -0.4 is 24.8 Å². The van der Waals surface area contributed by atoms with Gasteiger partial charge in [0, 0.05) is 23.1 Å². The molecule has 0 bridgehead atoms. The number of alkyl carbamates (subject to hydrolysis) is 1. The number of amides is 4. The van der Waals surface area contributed by atoms with Crippen LogP contribution in [-0.4, -0.2) is 115 Å². The second-order valence-electron chi connectivity index (χ2n) is 16.1. The van der Waals surface area contributed by atoms with Crippen molar-refractivity contribution in [2.45, 2.75) is 125 Å². The Bertz CT molecular complexity index is 2100. The Morgan fingerprint density at radius 1 is 1.14 bits per heavy atom. The maximum absolute atomic E-state index is 14.8. The molecule has 2 aliphatic carbocycles. The first kappa shape index (κ1) is 43.8. The number of halogens is 4. The van der Waals surface area contributed by atoms with Crippen LogP contribution in [0.25, 0.3) is 10.8 Å². The fourth-order valence-corrected chi connectivity index (χ4v) is 8.88. The molecule has 2 saturated carbocycles. The highest BCUT2D eigenvalue weighted by atomic mass is 32.2. The number of hydrogen-bond acceptors (Lipinski definition) is 11. The minimum absolute atomic E-state index is 0.0170. The van der Waals surface area contributed by atoms with Gasteiger partial charge in [0.15, 0.2) is 0 Å². The van der Waals surface area contributed by atoms with Gasteiger partial charge in [0.05, 0.1) is 32.1 Å². The third-order valence-electron chi connectivity index (χ3n) is 11.5. The molecule has 20 heteroatoms. The number of nitrogens with zero attached hydrogens (tertiary/aromatic N) is 2. The number of allylic oxidation sites excluding steroid dienone is 1. The average molecular weight is 856 g/mol. The number of benzene rings is 1. The molecule has 0 unspecified atom stereocenters. The van der Waals surface area contributed by atoms with E-state index in [0.717, 1.165) is 4.90 Å². The SMILES string of the molecule is CC[C@@H]1O[C@@H](C)CC/C=C\[C@@H]2C[C@@]2(C(=O)NS(=O)(=O)C2(CF)CC2)NC(=O)[C@@H]2C[C@@H](Oc3ncc(OC)c4ccccc34)CN2C(=O)[C@H]1NC(=O)OC(C)(C)C(F)(F)F. The molecule has 59 heavy (non-hydrogen) atoms. The summed E-state index contributed by atoms with van der Waals surface area (Å²) in [5.41, 5.74) is -4.74. The van der Waals surface area contributed by atoms with Gasteiger partial charge in [-0.05, 0) is 65.4 Å². The molecule has 1 aromatic heterocycles. The molecular formula is C39H49F4N5O10S. The van der Waals surface area contributed by atoms with E-state index in [1.807, 2.05) is 4.72 Å². The predicted molar refractivity (Wildman–Crippen MR) is 203 cm³/mol. The normalized spacial score (nSPS) is 29.1. The number of ether oxygens (including phenoxy) is 4. The zero-order valence-corrected chi connectivity index (χ0v) is 34.1. The molecule has 0 radical (unpaired) electrons. The van der Waals surface area contributed by atoms with Crippen molar-refractivity contribution in [3.63, 3.8) is 0 Å². The number of methoxy groups -OCH3 is 1. The monoisotopic (exact) mass is 855 g/mol. The van der Waals surface area contributed by atoms with E-state index in [4.69, 9.17) is 18.9 Å². The molecule has 7 atom stereocenters. The van der Waals surface area contributed by atoms with Crippen molar-refractivity contribution in [3.05, 3.63) is 42.6 Å². The number of alkyl halides is 4. The molecule has 324 valence electrons. The number of carbonyl (C=O) groups is 4. The lowest BCUT2D eigenvalue weighted by Crippen LogP contribution is -2.61. The topological polar surface area (TPSA) is 192 Å². The Hall–Kier alpha value is -4.72. The maximum Gasteiger partial charge on any atom is 0.427 e. The minimum Gasteiger partial charge on any atom is -0.494 e. The highest BCUT2D eigenvalue weighted by molar-refractivity contribution is 7.91. The Morgan fingerprint density at radius 3 is 2.46 bits per heavy atom. The van der Waals surface area contributed by atoms with Crippen LogP contribution in [-0.2, 0) is 33.9 Å². The van der Waals surface area contributed by atoms with E-state index in [-0.39, 0.29) is 44.5 Å². The second-order valence-corrected chi connectivity index (χ2v) is 18.2. The smallest absolute Gasteiger partial charge is 0.427 e. The second kappa shape index (κ2) is 16.4. The zero-order chi connectivity index (χ0) is 43.1. The molecule has 3 N–H and O–H groups in total. The van der Waals surface area contributed by atoms with Gasteiger partial charge in [0.1, 0.15) is 40.9 Å². The van der Waals surface area contributed by atoms with Gasteiger partial charge in [-0.3, -0.25) is 19.1 Å². The van der Waals surface area contributed by atoms with Crippen molar-refractivity contribution in [3.8, 4) is 11.6 Å². The lowest BCUT2D eigenvalue weighted by molar-refractivity contribution is -0.244. The number of aromatic nitrogens is 1. The highest BCUT2D eigenvalue weighted by Crippen LogP contribution is 2.48. The summed E-state index contributed by atoms with van der Waals surface area (Å²) in [5, 5.41) is 6.17. The van der Waals surface area contributed by atoms with Crippen LogP contribution >= 0.6 is 0 Å². The summed E-state index contributed by atoms with van der Waals surface area (Å²) in [5.74, 6) is -2.98. The van der Waals surface area contributed by atoms with Gasteiger partial charge in [-0.25, -0.2) is 22.6 Å². The van der Waals surface area contributed by atoms with Crippen LogP contribution in [0.3, 0.4) is 0 Å². The molecule has 3 fully saturated rings. The first-order chi connectivity index (χ1) is 27.7. The zero-order valence-electron chi connectivity index (χ0n) is 33.3. The number of fused-ring (bicyclic) bond motifs is 3. The highest BCUT2D eigenvalue weighted by Gasteiger charge is 2.64. The first-order valence-corrected chi connectivity index (χ1v) is 20.9. The van der Waals surface area contributed by atoms with Crippen LogP contribution in [0.4, 0.5) is 22.4 Å². The van der Waals surface area contributed by atoms with Crippen molar-refractivity contribution >= 4 is 44.6 Å². The summed E-state index contributed by atoms with van der Waals surface area (Å²) in [7, 11) is -3.01. The predicted octanol–water partition coefficient (Wildman–Crippen LogP) is 4.38. The number of hydrogen-bond donors (Lipinski definition) is 3. The fourth-order valence-electron chi connectivity index (χ4n) is 7.46. The van der Waals surface area contributed by atoms with Crippen LogP contribution in [0.1, 0.15) is 72.6 Å². The first-order valence-electron chi connectivity index (χ1n) is 19.4. The number of carbonyl (C=O) groups excluding carboxylic acids is 4. The van der Waals surface area contributed by atoms with Crippen molar-refractivity contribution in [1.82, 2.24) is 25.2 Å². The van der Waals surface area contributed by atoms with Crippen LogP contribution in [0, 0.1) is 5.92 Å². The van der Waals surface area contributed by atoms with Gasteiger partial charge in [-0.2, -0.15) is 13.2 Å². The van der Waals surface area contributed by atoms with Gasteiger partial charge in [0.2, 0.25) is 33.3 Å². The van der Waals surface area contributed by atoms with Gasteiger partial charge in [0.25, 0.3) is 5.91 Å². The molecule has 15 nitrogen and oxygen atoms in total. The lowest BCUT2D eigenvalue weighted by Gasteiger charge is -2.35. The summed E-state index contributed by atoms with van der Waals surface area (Å²) in [6, 6.07) is 3.93. The largest absolute Gasteiger partial charge is 0.494 e. The van der Waals surface area contributed by atoms with E-state index in [1.54, 1.807) is 50.3 Å². The third-order valence-corrected chi connectivity index (χ3v) is 13.7. The Labute approximate surface area is 339 Å². The number of rotatable bonds is 10. The fraction of sp³-hybridized carbons (Fsp3) is 0.615. The van der Waals surface area contributed by atoms with Crippen LogP contribution in [0.5, 0.6) is 11.6 Å². The standard InChI is InChI=1S/C39H49F4N5O10S/c1-6-28-30(45-35(52)58-36(3,4)39(41,42)43)33(50)48-20-24(57-32-26-14-10-9-13-25(26)29(55-5)19-44-32)17-27(48)31(49)46-38(18-23(38)12-8-7-11-22(2)56-28)34(51)47-59(53,54)37(21-40)15-16-37/h8-10,12-14,19,22-24,27-28,30H,6-7,11,15-18,20-21H2,1-5H3,(H,45,52)(H,46,49)(H,47,51)/b12-8-/t22-,23+,24+,27-,28-,30-,38+/m0/s1.